The minimum absolute atomic E-state index is 0. The second-order valence-electron chi connectivity index (χ2n) is 12.6. The molecule has 0 bridgehead atoms. The lowest BCUT2D eigenvalue weighted by Crippen LogP contribution is -2.47. The topological polar surface area (TPSA) is 86.9 Å². The highest BCUT2D eigenvalue weighted by molar-refractivity contribution is 6.09. The van der Waals surface area contributed by atoms with Crippen molar-refractivity contribution in [3.05, 3.63) is 143 Å². The van der Waals surface area contributed by atoms with Crippen LogP contribution in [0.4, 0.5) is 32.0 Å². The van der Waals surface area contributed by atoms with Gasteiger partial charge in [-0.25, -0.2) is 4.98 Å². The Hall–Kier alpha value is -5.62. The molecule has 0 spiro atoms. The third-order valence-corrected chi connectivity index (χ3v) is 9.35. The van der Waals surface area contributed by atoms with Gasteiger partial charge in [-0.3, -0.25) is 9.59 Å². The Morgan fingerprint density at radius 2 is 1.34 bits per heavy atom. The van der Waals surface area contributed by atoms with Crippen molar-refractivity contribution in [1.29, 1.82) is 0 Å². The van der Waals surface area contributed by atoms with Crippen LogP contribution < -0.4 is 10.6 Å². The van der Waals surface area contributed by atoms with Crippen LogP contribution in [0.15, 0.2) is 115 Å². The molecule has 1 heterocycles. The van der Waals surface area contributed by atoms with Gasteiger partial charge in [-0.15, -0.1) is 12.4 Å². The number of aromatic amines is 1. The van der Waals surface area contributed by atoms with Gasteiger partial charge >= 0.3 is 12.4 Å². The number of hydrogen-bond donors (Lipinski definition) is 3. The van der Waals surface area contributed by atoms with E-state index in [0.717, 1.165) is 23.3 Å². The fourth-order valence-electron chi connectivity index (χ4n) is 7.03. The molecule has 53 heavy (non-hydrogen) atoms. The molecule has 1 aromatic heterocycles. The average Bonchev–Trinajstić information content (AvgIpc) is 3.66. The van der Waals surface area contributed by atoms with Gasteiger partial charge in [-0.2, -0.15) is 26.3 Å². The van der Waals surface area contributed by atoms with Crippen LogP contribution in [-0.4, -0.2) is 34.5 Å². The first kappa shape index (κ1) is 37.1. The van der Waals surface area contributed by atoms with Crippen molar-refractivity contribution in [2.45, 2.75) is 37.0 Å². The second-order valence-corrected chi connectivity index (χ2v) is 12.6. The SMILES string of the molecule is Cl.O=C(Nc1ccc2nc(CCCC3(C(=O)NCC(F)(F)F)c4ccccc4-c4ccccc43)[nH]c2c1)c1ccccc1-c1ccc(C(F)(F)F)cc1. The molecule has 6 nitrogen and oxygen atoms in total. The Balaban J connectivity index is 0.00000481. The van der Waals surface area contributed by atoms with Gasteiger partial charge in [0.25, 0.3) is 5.91 Å². The van der Waals surface area contributed by atoms with Crippen molar-refractivity contribution < 1.29 is 35.9 Å². The van der Waals surface area contributed by atoms with Crippen molar-refractivity contribution in [2.75, 3.05) is 11.9 Å². The number of hydrogen-bond acceptors (Lipinski definition) is 3. The van der Waals surface area contributed by atoms with Crippen molar-refractivity contribution in [3.8, 4) is 22.3 Å². The van der Waals surface area contributed by atoms with Crippen LogP contribution in [0.1, 0.15) is 45.7 Å². The van der Waals surface area contributed by atoms with Gasteiger partial charge in [0.05, 0.1) is 16.6 Å². The van der Waals surface area contributed by atoms with E-state index in [1.165, 1.54) is 12.1 Å². The number of amides is 2. The number of carbonyl (C=O) groups is 2. The lowest BCUT2D eigenvalue weighted by Gasteiger charge is -2.31. The monoisotopic (exact) mass is 748 g/mol. The number of benzene rings is 5. The van der Waals surface area contributed by atoms with E-state index in [0.29, 0.717) is 57.6 Å². The summed E-state index contributed by atoms with van der Waals surface area (Å²) in [6.07, 6.45) is -8.03. The number of rotatable bonds is 9. The van der Waals surface area contributed by atoms with Crippen molar-refractivity contribution in [1.82, 2.24) is 15.3 Å². The van der Waals surface area contributed by atoms with Crippen LogP contribution in [0.3, 0.4) is 0 Å². The van der Waals surface area contributed by atoms with E-state index >= 15 is 0 Å². The van der Waals surface area contributed by atoms with Crippen LogP contribution in [-0.2, 0) is 22.8 Å². The predicted molar refractivity (Wildman–Crippen MR) is 193 cm³/mol. The van der Waals surface area contributed by atoms with Gasteiger partial charge in [-0.05, 0) is 82.6 Å². The maximum atomic E-state index is 13.8. The van der Waals surface area contributed by atoms with Crippen LogP contribution in [0.2, 0.25) is 0 Å². The van der Waals surface area contributed by atoms with Crippen LogP contribution in [0.5, 0.6) is 0 Å². The summed E-state index contributed by atoms with van der Waals surface area (Å²) in [5, 5.41) is 5.00. The summed E-state index contributed by atoms with van der Waals surface area (Å²) in [6, 6.07) is 30.9. The number of fused-ring (bicyclic) bond motifs is 4. The number of aromatic nitrogens is 2. The van der Waals surface area contributed by atoms with E-state index in [2.05, 4.69) is 20.6 Å². The molecule has 1 aliphatic carbocycles. The van der Waals surface area contributed by atoms with Crippen LogP contribution in [0.25, 0.3) is 33.3 Å². The largest absolute Gasteiger partial charge is 0.416 e. The molecule has 5 aromatic carbocycles. The molecule has 6 aromatic rings. The zero-order valence-corrected chi connectivity index (χ0v) is 28.6. The zero-order valence-electron chi connectivity index (χ0n) is 27.7. The predicted octanol–water partition coefficient (Wildman–Crippen LogP) is 9.89. The number of anilines is 1. The number of carbonyl (C=O) groups excluding carboxylic acids is 2. The molecular formula is C40H31ClF6N4O2. The molecule has 0 saturated heterocycles. The number of nitrogens with zero attached hydrogens (tertiary/aromatic N) is 1. The van der Waals surface area contributed by atoms with E-state index in [4.69, 9.17) is 0 Å². The summed E-state index contributed by atoms with van der Waals surface area (Å²) < 4.78 is 79.0. The van der Waals surface area contributed by atoms with E-state index < -0.39 is 41.7 Å². The first-order valence-corrected chi connectivity index (χ1v) is 16.4. The maximum Gasteiger partial charge on any atom is 0.416 e. The molecule has 2 amide bonds. The molecule has 0 unspecified atom stereocenters. The molecule has 13 heteroatoms. The molecule has 1 aliphatic rings. The molecular weight excluding hydrogens is 718 g/mol. The lowest BCUT2D eigenvalue weighted by atomic mass is 9.73. The van der Waals surface area contributed by atoms with Crippen LogP contribution >= 0.6 is 12.4 Å². The average molecular weight is 749 g/mol. The third-order valence-electron chi connectivity index (χ3n) is 9.35. The summed E-state index contributed by atoms with van der Waals surface area (Å²) in [4.78, 5) is 35.1. The van der Waals surface area contributed by atoms with Crippen LogP contribution in [0, 0.1) is 0 Å². The fourth-order valence-corrected chi connectivity index (χ4v) is 7.03. The molecule has 272 valence electrons. The Labute approximate surface area is 306 Å². The van der Waals surface area contributed by atoms with Crippen molar-refractivity contribution in [3.63, 3.8) is 0 Å². The molecule has 0 atom stereocenters. The zero-order chi connectivity index (χ0) is 36.7. The highest BCUT2D eigenvalue weighted by Crippen LogP contribution is 2.51. The van der Waals surface area contributed by atoms with Gasteiger partial charge in [0.1, 0.15) is 17.8 Å². The number of imidazole rings is 1. The van der Waals surface area contributed by atoms with E-state index in [1.807, 2.05) is 24.3 Å². The first-order chi connectivity index (χ1) is 24.8. The molecule has 0 aliphatic heterocycles. The molecule has 0 radical (unpaired) electrons. The molecule has 0 fully saturated rings. The number of aryl methyl sites for hydroxylation is 1. The Kier molecular flexibility index (Phi) is 10.1. The van der Waals surface area contributed by atoms with Crippen molar-refractivity contribution in [2.24, 2.45) is 0 Å². The highest BCUT2D eigenvalue weighted by Gasteiger charge is 2.49. The Morgan fingerprint density at radius 3 is 1.96 bits per heavy atom. The number of H-pyrrole nitrogens is 1. The molecule has 3 N–H and O–H groups in total. The van der Waals surface area contributed by atoms with Crippen molar-refractivity contribution >= 4 is 40.9 Å². The van der Waals surface area contributed by atoms with E-state index in [9.17, 15) is 35.9 Å². The normalized spacial score (nSPS) is 13.2. The first-order valence-electron chi connectivity index (χ1n) is 16.4. The third kappa shape index (κ3) is 7.36. The number of nitrogens with one attached hydrogen (secondary N) is 3. The minimum Gasteiger partial charge on any atom is -0.346 e. The minimum atomic E-state index is -4.57. The summed E-state index contributed by atoms with van der Waals surface area (Å²) in [5.74, 6) is -0.579. The van der Waals surface area contributed by atoms with Gasteiger partial charge < -0.3 is 15.6 Å². The maximum absolute atomic E-state index is 13.8. The summed E-state index contributed by atoms with van der Waals surface area (Å²) >= 11 is 0. The second kappa shape index (κ2) is 14.4. The summed E-state index contributed by atoms with van der Waals surface area (Å²) in [5.41, 5.74) is 3.69. The van der Waals surface area contributed by atoms with Gasteiger partial charge in [0, 0.05) is 17.7 Å². The summed E-state index contributed by atoms with van der Waals surface area (Å²) in [6.45, 7) is -1.44. The van der Waals surface area contributed by atoms with Gasteiger partial charge in [-0.1, -0.05) is 78.9 Å². The Bertz CT molecular complexity index is 2250. The van der Waals surface area contributed by atoms with E-state index in [1.54, 1.807) is 66.7 Å². The van der Waals surface area contributed by atoms with Gasteiger partial charge in [0.2, 0.25) is 5.91 Å². The smallest absolute Gasteiger partial charge is 0.346 e. The number of halogens is 7. The summed E-state index contributed by atoms with van der Waals surface area (Å²) in [7, 11) is 0. The quantitative estimate of drug-likeness (QED) is 0.129. The fraction of sp³-hybridized carbons (Fsp3) is 0.175. The molecule has 7 rings (SSSR count). The highest BCUT2D eigenvalue weighted by atomic mass is 35.5. The van der Waals surface area contributed by atoms with Gasteiger partial charge in [0.15, 0.2) is 0 Å². The molecule has 0 saturated carbocycles. The Morgan fingerprint density at radius 1 is 0.736 bits per heavy atom. The van der Waals surface area contributed by atoms with E-state index in [-0.39, 0.29) is 24.4 Å². The standard InChI is InChI=1S/C40H30F6N4O2.ClH/c41-39(42,43)23-47-37(52)38(31-12-5-3-9-28(31)29-10-4-6-13-32(29)38)21-7-14-35-49-33-20-19-26(22-34(33)50-35)48-36(51)30-11-2-1-8-27(30)24-15-17-25(18-16-24)40(44,45)46;/h1-6,8-13,15-20,22H,7,14,21,23H2,(H,47,52)(H,48,51)(H,49,50);1H. The number of alkyl halides is 6. The lowest BCUT2D eigenvalue weighted by molar-refractivity contribution is -0.141.